The van der Waals surface area contributed by atoms with Gasteiger partial charge < -0.3 is 20.5 Å². The number of nitrogens with one attached hydrogen (secondary N) is 1. The number of hydrogen-bond donors (Lipinski definition) is 2. The molecule has 0 aliphatic rings. The molecule has 0 bridgehead atoms. The largest absolute Gasteiger partial charge is 0.383 e. The van der Waals surface area contributed by atoms with E-state index in [-0.39, 0.29) is 0 Å². The molecule has 0 atom stereocenters. The van der Waals surface area contributed by atoms with Gasteiger partial charge in [0.05, 0.1) is 19.8 Å². The van der Waals surface area contributed by atoms with Crippen molar-refractivity contribution in [3.05, 3.63) is 11.9 Å². The fourth-order valence-corrected chi connectivity index (χ4v) is 1.41. The third-order valence-electron chi connectivity index (χ3n) is 2.30. The van der Waals surface area contributed by atoms with Crippen molar-refractivity contribution in [1.82, 2.24) is 9.97 Å². The maximum absolute atomic E-state index is 5.76. The lowest BCUT2D eigenvalue weighted by Gasteiger charge is -2.11. The number of nitrogens with zero attached hydrogens (tertiary/aromatic N) is 2. The Morgan fingerprint density at radius 2 is 2.12 bits per heavy atom. The summed E-state index contributed by atoms with van der Waals surface area (Å²) in [6, 6.07) is 0. The van der Waals surface area contributed by atoms with E-state index in [2.05, 4.69) is 15.3 Å². The van der Waals surface area contributed by atoms with E-state index in [9.17, 15) is 0 Å². The monoisotopic (exact) mass is 240 g/mol. The smallest absolute Gasteiger partial charge is 0.134 e. The number of hydrogen-bond acceptors (Lipinski definition) is 6. The average Bonchev–Trinajstić information content (AvgIpc) is 2.34. The number of nitrogens with two attached hydrogens (primary N) is 1. The van der Waals surface area contributed by atoms with Crippen LogP contribution in [-0.2, 0) is 15.9 Å². The van der Waals surface area contributed by atoms with Gasteiger partial charge in [-0.25, -0.2) is 9.97 Å². The summed E-state index contributed by atoms with van der Waals surface area (Å²) in [7, 11) is 1.65. The van der Waals surface area contributed by atoms with E-state index >= 15 is 0 Å². The van der Waals surface area contributed by atoms with Gasteiger partial charge >= 0.3 is 0 Å². The van der Waals surface area contributed by atoms with Crippen LogP contribution in [0.5, 0.6) is 0 Å². The molecule has 1 aromatic rings. The molecule has 0 saturated carbocycles. The van der Waals surface area contributed by atoms with Crippen LogP contribution in [0, 0.1) is 0 Å². The van der Waals surface area contributed by atoms with Gasteiger partial charge in [0, 0.05) is 19.2 Å². The Balaban J connectivity index is 2.33. The molecule has 0 aliphatic carbocycles. The molecule has 0 saturated heterocycles. The molecule has 0 aliphatic heterocycles. The molecule has 0 aromatic carbocycles. The fourth-order valence-electron chi connectivity index (χ4n) is 1.41. The molecule has 17 heavy (non-hydrogen) atoms. The Labute approximate surface area is 102 Å². The van der Waals surface area contributed by atoms with E-state index in [1.54, 1.807) is 7.11 Å². The van der Waals surface area contributed by atoms with Crippen LogP contribution in [-0.4, -0.2) is 43.4 Å². The van der Waals surface area contributed by atoms with Gasteiger partial charge in [0.1, 0.15) is 18.0 Å². The van der Waals surface area contributed by atoms with Crippen LogP contribution in [0.3, 0.4) is 0 Å². The molecule has 0 fully saturated rings. The van der Waals surface area contributed by atoms with Crippen molar-refractivity contribution in [2.75, 3.05) is 44.5 Å². The molecule has 1 heterocycles. The Bertz CT molecular complexity index is 333. The van der Waals surface area contributed by atoms with Gasteiger partial charge in [-0.3, -0.25) is 0 Å². The quantitative estimate of drug-likeness (QED) is 0.651. The van der Waals surface area contributed by atoms with Gasteiger partial charge in [0.15, 0.2) is 0 Å². The highest BCUT2D eigenvalue weighted by Gasteiger charge is 2.05. The number of nitrogen functional groups attached to an aromatic ring is 1. The first kappa shape index (κ1) is 13.7. The molecule has 1 aromatic heterocycles. The number of aromatic nitrogens is 2. The number of ether oxygens (including phenoxy) is 2. The second-order valence-electron chi connectivity index (χ2n) is 3.47. The van der Waals surface area contributed by atoms with E-state index in [0.717, 1.165) is 17.8 Å². The Hall–Kier alpha value is -1.40. The van der Waals surface area contributed by atoms with Crippen LogP contribution in [0.2, 0.25) is 0 Å². The minimum atomic E-state index is 0.533. The molecule has 6 heteroatoms. The van der Waals surface area contributed by atoms with Crippen LogP contribution in [0.25, 0.3) is 0 Å². The highest BCUT2D eigenvalue weighted by molar-refractivity contribution is 5.54. The average molecular weight is 240 g/mol. The molecule has 6 nitrogen and oxygen atoms in total. The van der Waals surface area contributed by atoms with Crippen molar-refractivity contribution >= 4 is 11.6 Å². The van der Waals surface area contributed by atoms with Gasteiger partial charge in [-0.15, -0.1) is 0 Å². The van der Waals surface area contributed by atoms with Gasteiger partial charge in [-0.1, -0.05) is 6.92 Å². The van der Waals surface area contributed by atoms with Crippen LogP contribution >= 0.6 is 0 Å². The Morgan fingerprint density at radius 3 is 2.82 bits per heavy atom. The first-order chi connectivity index (χ1) is 8.29. The minimum absolute atomic E-state index is 0.533. The topological polar surface area (TPSA) is 82.3 Å². The molecular formula is C11H20N4O2. The third kappa shape index (κ3) is 4.54. The van der Waals surface area contributed by atoms with E-state index in [4.69, 9.17) is 15.2 Å². The molecule has 96 valence electrons. The maximum atomic E-state index is 5.76. The normalized spacial score (nSPS) is 10.5. The summed E-state index contributed by atoms with van der Waals surface area (Å²) in [5.74, 6) is 1.32. The lowest BCUT2D eigenvalue weighted by molar-refractivity contribution is 0.0759. The number of anilines is 2. The zero-order valence-electron chi connectivity index (χ0n) is 10.4. The van der Waals surface area contributed by atoms with Crippen molar-refractivity contribution in [3.63, 3.8) is 0 Å². The second-order valence-corrected chi connectivity index (χ2v) is 3.47. The summed E-state index contributed by atoms with van der Waals surface area (Å²) >= 11 is 0. The van der Waals surface area contributed by atoms with E-state index < -0.39 is 0 Å². The number of methoxy groups -OCH3 is 1. The summed E-state index contributed by atoms with van der Waals surface area (Å²) in [5.41, 5.74) is 6.71. The van der Waals surface area contributed by atoms with E-state index in [1.807, 2.05) is 6.92 Å². The third-order valence-corrected chi connectivity index (χ3v) is 2.30. The molecule has 0 unspecified atom stereocenters. The van der Waals surface area contributed by atoms with Crippen molar-refractivity contribution in [2.45, 2.75) is 13.3 Å². The van der Waals surface area contributed by atoms with Crippen molar-refractivity contribution < 1.29 is 9.47 Å². The summed E-state index contributed by atoms with van der Waals surface area (Å²) in [6.07, 6.45) is 2.27. The predicted octanol–water partition coefficient (Wildman–Crippen LogP) is 0.696. The molecule has 0 spiro atoms. The maximum Gasteiger partial charge on any atom is 0.134 e. The fraction of sp³-hybridized carbons (Fsp3) is 0.636. The zero-order chi connectivity index (χ0) is 12.5. The van der Waals surface area contributed by atoms with Crippen LogP contribution < -0.4 is 11.1 Å². The lowest BCUT2D eigenvalue weighted by Crippen LogP contribution is -2.14. The Kier molecular flexibility index (Phi) is 6.27. The predicted molar refractivity (Wildman–Crippen MR) is 67.0 cm³/mol. The first-order valence-corrected chi connectivity index (χ1v) is 5.69. The second kappa shape index (κ2) is 7.81. The lowest BCUT2D eigenvalue weighted by atomic mass is 10.2. The van der Waals surface area contributed by atoms with Crippen molar-refractivity contribution in [3.8, 4) is 0 Å². The van der Waals surface area contributed by atoms with Gasteiger partial charge in [0.2, 0.25) is 0 Å². The van der Waals surface area contributed by atoms with Crippen LogP contribution in [0.15, 0.2) is 6.33 Å². The summed E-state index contributed by atoms with van der Waals surface area (Å²) in [4.78, 5) is 8.12. The van der Waals surface area contributed by atoms with E-state index in [1.165, 1.54) is 6.33 Å². The summed E-state index contributed by atoms with van der Waals surface area (Å²) in [6.45, 7) is 4.53. The van der Waals surface area contributed by atoms with Gasteiger partial charge in [-0.2, -0.15) is 0 Å². The minimum Gasteiger partial charge on any atom is -0.383 e. The van der Waals surface area contributed by atoms with Crippen LogP contribution in [0.4, 0.5) is 11.6 Å². The summed E-state index contributed by atoms with van der Waals surface area (Å²) in [5, 5.41) is 3.18. The molecule has 0 amide bonds. The summed E-state index contributed by atoms with van der Waals surface area (Å²) < 4.78 is 10.2. The standard InChI is InChI=1S/C11H20N4O2/c1-3-9-10(12)14-8-15-11(9)13-4-5-17-7-6-16-2/h8H,3-7H2,1-2H3,(H3,12,13,14,15). The van der Waals surface area contributed by atoms with Gasteiger partial charge in [0.25, 0.3) is 0 Å². The van der Waals surface area contributed by atoms with Crippen molar-refractivity contribution in [1.29, 1.82) is 0 Å². The molecule has 1 rings (SSSR count). The van der Waals surface area contributed by atoms with Gasteiger partial charge in [-0.05, 0) is 6.42 Å². The van der Waals surface area contributed by atoms with Crippen LogP contribution in [0.1, 0.15) is 12.5 Å². The molecule has 0 radical (unpaired) electrons. The highest BCUT2D eigenvalue weighted by Crippen LogP contribution is 2.16. The zero-order valence-corrected chi connectivity index (χ0v) is 10.4. The SMILES string of the molecule is CCc1c(N)ncnc1NCCOCCOC. The highest BCUT2D eigenvalue weighted by atomic mass is 16.5. The van der Waals surface area contributed by atoms with Crippen molar-refractivity contribution in [2.24, 2.45) is 0 Å². The molecular weight excluding hydrogens is 220 g/mol. The Morgan fingerprint density at radius 1 is 1.29 bits per heavy atom. The molecule has 3 N–H and O–H groups in total. The van der Waals surface area contributed by atoms with E-state index in [0.29, 0.717) is 32.2 Å². The number of rotatable bonds is 8. The first-order valence-electron chi connectivity index (χ1n) is 5.69.